The van der Waals surface area contributed by atoms with E-state index in [4.69, 9.17) is 16.9 Å². The quantitative estimate of drug-likeness (QED) is 0.723. The lowest BCUT2D eigenvalue weighted by Crippen LogP contribution is -1.98. The summed E-state index contributed by atoms with van der Waals surface area (Å²) < 4.78 is 0. The number of fused-ring (bicyclic) bond motifs is 1. The second-order valence-corrected chi connectivity index (χ2v) is 4.53. The molecule has 1 aromatic heterocycles. The molecule has 0 saturated carbocycles. The van der Waals surface area contributed by atoms with Crippen molar-refractivity contribution in [2.75, 3.05) is 5.32 Å². The zero-order chi connectivity index (χ0) is 13.9. The number of nitrogens with one attached hydrogen (secondary N) is 1. The van der Waals surface area contributed by atoms with Gasteiger partial charge in [0.1, 0.15) is 5.15 Å². The fourth-order valence-corrected chi connectivity index (χ4v) is 2.09. The first-order chi connectivity index (χ1) is 9.76. The van der Waals surface area contributed by atoms with Crippen LogP contribution in [0.5, 0.6) is 0 Å². The highest BCUT2D eigenvalue weighted by molar-refractivity contribution is 6.34. The average Bonchev–Trinajstić information content (AvgIpc) is 2.48. The molecule has 0 unspecified atom stereocenters. The van der Waals surface area contributed by atoms with Crippen molar-refractivity contribution >= 4 is 34.1 Å². The fourth-order valence-electron chi connectivity index (χ4n) is 1.85. The molecule has 0 aliphatic carbocycles. The van der Waals surface area contributed by atoms with Crippen LogP contribution in [0.25, 0.3) is 10.9 Å². The van der Waals surface area contributed by atoms with Crippen LogP contribution in [0.2, 0.25) is 5.15 Å². The summed E-state index contributed by atoms with van der Waals surface area (Å²) in [5.74, 6) is 0.429. The molecule has 0 radical (unpaired) electrons. The molecule has 5 heteroatoms. The molecule has 96 valence electrons. The predicted molar refractivity (Wildman–Crippen MR) is 79.0 cm³/mol. The van der Waals surface area contributed by atoms with Crippen LogP contribution in [0.15, 0.2) is 48.5 Å². The second-order valence-electron chi connectivity index (χ2n) is 4.17. The molecule has 0 spiro atoms. The Balaban J connectivity index is 1.96. The molecule has 0 bridgehead atoms. The van der Waals surface area contributed by atoms with Gasteiger partial charge in [0, 0.05) is 11.1 Å². The average molecular weight is 281 g/mol. The molecule has 3 aromatic rings. The second kappa shape index (κ2) is 5.16. The van der Waals surface area contributed by atoms with Gasteiger partial charge in [0.2, 0.25) is 5.95 Å². The lowest BCUT2D eigenvalue weighted by Gasteiger charge is -2.07. The Morgan fingerprint density at radius 3 is 2.50 bits per heavy atom. The number of rotatable bonds is 2. The van der Waals surface area contributed by atoms with Crippen molar-refractivity contribution in [1.82, 2.24) is 9.97 Å². The maximum Gasteiger partial charge on any atom is 0.229 e. The number of para-hydroxylation sites is 1. The van der Waals surface area contributed by atoms with E-state index in [9.17, 15) is 0 Å². The van der Waals surface area contributed by atoms with Crippen molar-refractivity contribution in [1.29, 1.82) is 5.26 Å². The zero-order valence-electron chi connectivity index (χ0n) is 10.3. The number of aromatic nitrogens is 2. The monoisotopic (exact) mass is 280 g/mol. The molecule has 0 aliphatic heterocycles. The SMILES string of the molecule is N#Cc1ccc(Nc2nc(Cl)c3ccccc3n2)cc1. The first-order valence-corrected chi connectivity index (χ1v) is 6.33. The van der Waals surface area contributed by atoms with Crippen molar-refractivity contribution in [3.05, 3.63) is 59.2 Å². The van der Waals surface area contributed by atoms with Gasteiger partial charge >= 0.3 is 0 Å². The molecule has 0 amide bonds. The summed E-state index contributed by atoms with van der Waals surface area (Å²) in [5.41, 5.74) is 2.19. The van der Waals surface area contributed by atoms with Crippen LogP contribution in [0.3, 0.4) is 0 Å². The van der Waals surface area contributed by atoms with Gasteiger partial charge in [0.15, 0.2) is 0 Å². The summed E-state index contributed by atoms with van der Waals surface area (Å²) >= 11 is 6.14. The Hall–Kier alpha value is -2.64. The summed E-state index contributed by atoms with van der Waals surface area (Å²) in [6, 6.07) is 16.7. The first-order valence-electron chi connectivity index (χ1n) is 5.96. The summed E-state index contributed by atoms with van der Waals surface area (Å²) in [6.45, 7) is 0. The van der Waals surface area contributed by atoms with Gasteiger partial charge in [-0.15, -0.1) is 0 Å². The maximum absolute atomic E-state index is 8.76. The van der Waals surface area contributed by atoms with Crippen LogP contribution < -0.4 is 5.32 Å². The topological polar surface area (TPSA) is 61.6 Å². The third-order valence-electron chi connectivity index (χ3n) is 2.83. The molecule has 4 nitrogen and oxygen atoms in total. The molecule has 2 aromatic carbocycles. The molecule has 0 saturated heterocycles. The molecular weight excluding hydrogens is 272 g/mol. The molecule has 3 rings (SSSR count). The van der Waals surface area contributed by atoms with Gasteiger partial charge in [-0.05, 0) is 36.4 Å². The fraction of sp³-hybridized carbons (Fsp3) is 0. The van der Waals surface area contributed by atoms with E-state index < -0.39 is 0 Å². The van der Waals surface area contributed by atoms with Crippen molar-refractivity contribution in [3.63, 3.8) is 0 Å². The maximum atomic E-state index is 8.76. The normalized spacial score (nSPS) is 10.2. The minimum absolute atomic E-state index is 0.409. The van der Waals surface area contributed by atoms with Crippen LogP contribution in [0, 0.1) is 11.3 Å². The van der Waals surface area contributed by atoms with Crippen LogP contribution in [0.1, 0.15) is 5.56 Å². The lowest BCUT2D eigenvalue weighted by atomic mass is 10.2. The van der Waals surface area contributed by atoms with Gasteiger partial charge in [0.25, 0.3) is 0 Å². The first kappa shape index (κ1) is 12.4. The van der Waals surface area contributed by atoms with Crippen molar-refractivity contribution < 1.29 is 0 Å². The standard InChI is InChI=1S/C15H9ClN4/c16-14-12-3-1-2-4-13(12)19-15(20-14)18-11-7-5-10(9-17)6-8-11/h1-8H,(H,18,19,20). The van der Waals surface area contributed by atoms with E-state index in [0.717, 1.165) is 16.6 Å². The number of nitrogens with zero attached hydrogens (tertiary/aromatic N) is 3. The number of nitriles is 1. The number of hydrogen-bond acceptors (Lipinski definition) is 4. The summed E-state index contributed by atoms with van der Waals surface area (Å²) in [5, 5.41) is 13.1. The number of halogens is 1. The molecule has 1 heterocycles. The zero-order valence-corrected chi connectivity index (χ0v) is 11.1. The van der Waals surface area contributed by atoms with Crippen LogP contribution in [-0.2, 0) is 0 Å². The van der Waals surface area contributed by atoms with Gasteiger partial charge in [-0.3, -0.25) is 0 Å². The molecule has 1 N–H and O–H groups in total. The van der Waals surface area contributed by atoms with Gasteiger partial charge in [-0.25, -0.2) is 9.97 Å². The minimum atomic E-state index is 0.409. The highest BCUT2D eigenvalue weighted by Gasteiger charge is 2.05. The van der Waals surface area contributed by atoms with Crippen LogP contribution >= 0.6 is 11.6 Å². The number of hydrogen-bond donors (Lipinski definition) is 1. The predicted octanol–water partition coefficient (Wildman–Crippen LogP) is 3.90. The van der Waals surface area contributed by atoms with E-state index in [1.54, 1.807) is 24.3 Å². The Bertz CT molecular complexity index is 806. The van der Waals surface area contributed by atoms with Crippen molar-refractivity contribution in [2.24, 2.45) is 0 Å². The van der Waals surface area contributed by atoms with Gasteiger partial charge in [-0.2, -0.15) is 5.26 Å². The summed E-state index contributed by atoms with van der Waals surface area (Å²) in [7, 11) is 0. The lowest BCUT2D eigenvalue weighted by molar-refractivity contribution is 1.21. The van der Waals surface area contributed by atoms with Gasteiger partial charge in [-0.1, -0.05) is 23.7 Å². The third kappa shape index (κ3) is 2.40. The highest BCUT2D eigenvalue weighted by atomic mass is 35.5. The number of benzene rings is 2. The Kier molecular flexibility index (Phi) is 3.20. The van der Waals surface area contributed by atoms with E-state index in [1.165, 1.54) is 0 Å². The third-order valence-corrected chi connectivity index (χ3v) is 3.11. The molecule has 0 fully saturated rings. The van der Waals surface area contributed by atoms with Gasteiger partial charge < -0.3 is 5.32 Å². The van der Waals surface area contributed by atoms with Gasteiger partial charge in [0.05, 0.1) is 17.1 Å². The molecular formula is C15H9ClN4. The van der Waals surface area contributed by atoms with E-state index in [1.807, 2.05) is 24.3 Å². The highest BCUT2D eigenvalue weighted by Crippen LogP contribution is 2.23. The Labute approximate surface area is 120 Å². The molecule has 0 aliphatic rings. The smallest absolute Gasteiger partial charge is 0.229 e. The van der Waals surface area contributed by atoms with E-state index >= 15 is 0 Å². The Morgan fingerprint density at radius 2 is 1.75 bits per heavy atom. The van der Waals surface area contributed by atoms with E-state index in [-0.39, 0.29) is 0 Å². The molecule has 0 atom stereocenters. The molecule has 20 heavy (non-hydrogen) atoms. The van der Waals surface area contributed by atoms with E-state index in [2.05, 4.69) is 21.4 Å². The summed E-state index contributed by atoms with van der Waals surface area (Å²) in [4.78, 5) is 8.62. The van der Waals surface area contributed by atoms with Crippen molar-refractivity contribution in [2.45, 2.75) is 0 Å². The summed E-state index contributed by atoms with van der Waals surface area (Å²) in [6.07, 6.45) is 0. The minimum Gasteiger partial charge on any atom is -0.324 e. The van der Waals surface area contributed by atoms with E-state index in [0.29, 0.717) is 16.7 Å². The largest absolute Gasteiger partial charge is 0.324 e. The Morgan fingerprint density at radius 1 is 1.00 bits per heavy atom. The van der Waals surface area contributed by atoms with Crippen LogP contribution in [-0.4, -0.2) is 9.97 Å². The van der Waals surface area contributed by atoms with Crippen LogP contribution in [0.4, 0.5) is 11.6 Å². The number of anilines is 2. The van der Waals surface area contributed by atoms with Crippen molar-refractivity contribution in [3.8, 4) is 6.07 Å².